The van der Waals surface area contributed by atoms with Gasteiger partial charge in [-0.05, 0) is 67.5 Å². The van der Waals surface area contributed by atoms with Crippen LogP contribution in [-0.4, -0.2) is 40.5 Å². The van der Waals surface area contributed by atoms with Crippen molar-refractivity contribution in [1.82, 2.24) is 14.8 Å². The van der Waals surface area contributed by atoms with Gasteiger partial charge < -0.3 is 4.90 Å². The Morgan fingerprint density at radius 1 is 0.966 bits per heavy atom. The largest absolute Gasteiger partial charge is 0.300 e. The van der Waals surface area contributed by atoms with Crippen LogP contribution in [0.5, 0.6) is 0 Å². The Balaban J connectivity index is 1.42. The first-order valence-corrected chi connectivity index (χ1v) is 11.4. The Hall–Kier alpha value is -1.78. The van der Waals surface area contributed by atoms with Crippen molar-refractivity contribution in [2.24, 2.45) is 5.92 Å². The van der Waals surface area contributed by atoms with Crippen LogP contribution in [0.2, 0.25) is 0 Å². The molecule has 1 aliphatic carbocycles. The van der Waals surface area contributed by atoms with Gasteiger partial charge in [0.2, 0.25) is 0 Å². The molecule has 4 rings (SSSR count). The molecular formula is C25H34FN3. The van der Waals surface area contributed by atoms with E-state index in [1.54, 1.807) is 6.07 Å². The first-order chi connectivity index (χ1) is 14.3. The molecule has 0 N–H and O–H groups in total. The molecule has 0 amide bonds. The summed E-state index contributed by atoms with van der Waals surface area (Å²) in [6.45, 7) is 5.20. The average Bonchev–Trinajstić information content (AvgIpc) is 2.75. The number of hydrogen-bond donors (Lipinski definition) is 0. The van der Waals surface area contributed by atoms with Gasteiger partial charge in [-0.2, -0.15) is 0 Å². The van der Waals surface area contributed by atoms with Gasteiger partial charge in [0.05, 0.1) is 0 Å². The summed E-state index contributed by atoms with van der Waals surface area (Å²) in [7, 11) is 0. The lowest BCUT2D eigenvalue weighted by atomic mass is 9.90. The van der Waals surface area contributed by atoms with E-state index >= 15 is 0 Å². The highest BCUT2D eigenvalue weighted by Gasteiger charge is 2.28. The highest BCUT2D eigenvalue weighted by Crippen LogP contribution is 2.28. The molecule has 1 aromatic carbocycles. The number of halogens is 1. The minimum Gasteiger partial charge on any atom is -0.300 e. The first-order valence-electron chi connectivity index (χ1n) is 11.4. The molecule has 156 valence electrons. The maximum Gasteiger partial charge on any atom is 0.123 e. The summed E-state index contributed by atoms with van der Waals surface area (Å²) >= 11 is 0. The maximum atomic E-state index is 13.7. The topological polar surface area (TPSA) is 19.4 Å². The summed E-state index contributed by atoms with van der Waals surface area (Å²) in [6.07, 6.45) is 13.4. The minimum atomic E-state index is -0.148. The van der Waals surface area contributed by atoms with Crippen molar-refractivity contribution in [3.8, 4) is 0 Å². The summed E-state index contributed by atoms with van der Waals surface area (Å²) in [6, 6.07) is 12.0. The van der Waals surface area contributed by atoms with Gasteiger partial charge in [-0.3, -0.25) is 9.88 Å². The zero-order valence-electron chi connectivity index (χ0n) is 17.5. The normalized spacial score (nSPS) is 21.5. The molecular weight excluding hydrogens is 361 g/mol. The molecule has 2 aromatic rings. The second-order valence-electron chi connectivity index (χ2n) is 8.96. The SMILES string of the molecule is Fc1cccc(CN(Cc2cccnc2)C[C@H]2CCCN(C3CCCCC3)C2)c1. The van der Waals surface area contributed by atoms with Crippen molar-refractivity contribution in [3.63, 3.8) is 0 Å². The lowest BCUT2D eigenvalue weighted by Gasteiger charge is -2.41. The van der Waals surface area contributed by atoms with E-state index in [0.717, 1.165) is 31.2 Å². The van der Waals surface area contributed by atoms with Crippen molar-refractivity contribution < 1.29 is 4.39 Å². The second-order valence-corrected chi connectivity index (χ2v) is 8.96. The van der Waals surface area contributed by atoms with E-state index in [0.29, 0.717) is 5.92 Å². The molecule has 0 radical (unpaired) electrons. The zero-order chi connectivity index (χ0) is 19.9. The fourth-order valence-electron chi connectivity index (χ4n) is 5.22. The molecule has 2 fully saturated rings. The molecule has 4 heteroatoms. The summed E-state index contributed by atoms with van der Waals surface area (Å²) < 4.78 is 13.7. The van der Waals surface area contributed by atoms with Gasteiger partial charge in [0.25, 0.3) is 0 Å². The van der Waals surface area contributed by atoms with Gasteiger partial charge in [-0.25, -0.2) is 4.39 Å². The molecule has 0 unspecified atom stereocenters. The number of pyridine rings is 1. The fourth-order valence-corrected chi connectivity index (χ4v) is 5.22. The molecule has 1 saturated carbocycles. The van der Waals surface area contributed by atoms with Crippen LogP contribution in [0.4, 0.5) is 4.39 Å². The van der Waals surface area contributed by atoms with Gasteiger partial charge in [-0.1, -0.05) is 37.5 Å². The molecule has 29 heavy (non-hydrogen) atoms. The third-order valence-electron chi connectivity index (χ3n) is 6.58. The van der Waals surface area contributed by atoms with E-state index in [-0.39, 0.29) is 5.82 Å². The number of aromatic nitrogens is 1. The van der Waals surface area contributed by atoms with Crippen LogP contribution < -0.4 is 0 Å². The van der Waals surface area contributed by atoms with Crippen LogP contribution in [0.1, 0.15) is 56.1 Å². The number of hydrogen-bond acceptors (Lipinski definition) is 3. The Kier molecular flexibility index (Phi) is 7.28. The van der Waals surface area contributed by atoms with Crippen molar-refractivity contribution in [1.29, 1.82) is 0 Å². The van der Waals surface area contributed by atoms with Crippen molar-refractivity contribution >= 4 is 0 Å². The van der Waals surface area contributed by atoms with E-state index in [4.69, 9.17) is 0 Å². The standard InChI is InChI=1S/C25H34FN3/c26-24-10-4-7-21(15-24)17-28(18-22-8-5-13-27-16-22)19-23-9-6-14-29(20-23)25-11-2-1-3-12-25/h4-5,7-8,10,13,15-16,23,25H,1-3,6,9,11-12,14,17-20H2/t23-/m1/s1. The van der Waals surface area contributed by atoms with Crippen molar-refractivity contribution in [2.45, 2.75) is 64.1 Å². The summed E-state index contributed by atoms with van der Waals surface area (Å²) in [4.78, 5) is 9.55. The molecule has 2 aliphatic rings. The molecule has 3 nitrogen and oxygen atoms in total. The van der Waals surface area contributed by atoms with Crippen molar-refractivity contribution in [3.05, 3.63) is 65.7 Å². The molecule has 1 saturated heterocycles. The highest BCUT2D eigenvalue weighted by molar-refractivity contribution is 5.17. The van der Waals surface area contributed by atoms with E-state index in [9.17, 15) is 4.39 Å². The summed E-state index contributed by atoms with van der Waals surface area (Å²) in [5.74, 6) is 0.542. The van der Waals surface area contributed by atoms with Gasteiger partial charge in [0.15, 0.2) is 0 Å². The first kappa shape index (κ1) is 20.5. The van der Waals surface area contributed by atoms with Gasteiger partial charge in [-0.15, -0.1) is 0 Å². The molecule has 0 bridgehead atoms. The predicted octanol–water partition coefficient (Wildman–Crippen LogP) is 5.27. The van der Waals surface area contributed by atoms with Crippen LogP contribution in [0.15, 0.2) is 48.8 Å². The maximum absolute atomic E-state index is 13.7. The number of rotatable bonds is 7. The monoisotopic (exact) mass is 395 g/mol. The lowest BCUT2D eigenvalue weighted by Crippen LogP contribution is -2.46. The van der Waals surface area contributed by atoms with E-state index in [2.05, 4.69) is 20.9 Å². The minimum absolute atomic E-state index is 0.148. The Bertz CT molecular complexity index is 745. The Morgan fingerprint density at radius 2 is 1.79 bits per heavy atom. The van der Waals surface area contributed by atoms with Gasteiger partial charge >= 0.3 is 0 Å². The molecule has 0 spiro atoms. The van der Waals surface area contributed by atoms with Crippen LogP contribution in [0.3, 0.4) is 0 Å². The average molecular weight is 396 g/mol. The highest BCUT2D eigenvalue weighted by atomic mass is 19.1. The number of piperidine rings is 1. The van der Waals surface area contributed by atoms with Crippen LogP contribution >= 0.6 is 0 Å². The van der Waals surface area contributed by atoms with E-state index < -0.39 is 0 Å². The molecule has 1 aliphatic heterocycles. The lowest BCUT2D eigenvalue weighted by molar-refractivity contribution is 0.0771. The molecule has 1 atom stereocenters. The number of likely N-dealkylation sites (tertiary alicyclic amines) is 1. The third-order valence-corrected chi connectivity index (χ3v) is 6.58. The quantitative estimate of drug-likeness (QED) is 0.637. The Morgan fingerprint density at radius 3 is 2.59 bits per heavy atom. The van der Waals surface area contributed by atoms with E-state index in [1.807, 2.05) is 30.6 Å². The smallest absolute Gasteiger partial charge is 0.123 e. The van der Waals surface area contributed by atoms with E-state index in [1.165, 1.54) is 69.7 Å². The molecule has 2 heterocycles. The number of benzene rings is 1. The summed E-state index contributed by atoms with van der Waals surface area (Å²) in [5.41, 5.74) is 2.28. The van der Waals surface area contributed by atoms with Gasteiger partial charge in [0.1, 0.15) is 5.82 Å². The summed E-state index contributed by atoms with van der Waals surface area (Å²) in [5, 5.41) is 0. The Labute approximate surface area is 174 Å². The van der Waals surface area contributed by atoms with Crippen LogP contribution in [0.25, 0.3) is 0 Å². The van der Waals surface area contributed by atoms with Crippen molar-refractivity contribution in [2.75, 3.05) is 19.6 Å². The second kappa shape index (κ2) is 10.3. The fraction of sp³-hybridized carbons (Fsp3) is 0.560. The van der Waals surface area contributed by atoms with Crippen LogP contribution in [-0.2, 0) is 13.1 Å². The van der Waals surface area contributed by atoms with Gasteiger partial charge in [0, 0.05) is 44.6 Å². The van der Waals surface area contributed by atoms with Crippen LogP contribution in [0, 0.1) is 11.7 Å². The number of nitrogens with zero attached hydrogens (tertiary/aromatic N) is 3. The predicted molar refractivity (Wildman–Crippen MR) is 116 cm³/mol. The molecule has 1 aromatic heterocycles. The zero-order valence-corrected chi connectivity index (χ0v) is 17.5. The third kappa shape index (κ3) is 6.10.